The molecule has 24 heavy (non-hydrogen) atoms. The van der Waals surface area contributed by atoms with Crippen LogP contribution in [0.2, 0.25) is 0 Å². The van der Waals surface area contributed by atoms with Crippen LogP contribution in [0.25, 0.3) is 0 Å². The Morgan fingerprint density at radius 1 is 1.21 bits per heavy atom. The number of sulfonamides is 1. The molecule has 128 valence electrons. The Hall–Kier alpha value is -2.38. The second-order valence-electron chi connectivity index (χ2n) is 5.45. The Morgan fingerprint density at radius 3 is 2.58 bits per heavy atom. The molecule has 0 unspecified atom stereocenters. The lowest BCUT2D eigenvalue weighted by Gasteiger charge is -2.10. The molecule has 0 aromatic heterocycles. The van der Waals surface area contributed by atoms with E-state index >= 15 is 0 Å². The van der Waals surface area contributed by atoms with E-state index in [1.165, 1.54) is 19.2 Å². The van der Waals surface area contributed by atoms with Gasteiger partial charge in [0.05, 0.1) is 7.11 Å². The summed E-state index contributed by atoms with van der Waals surface area (Å²) in [7, 11) is -2.59. The second kappa shape index (κ2) is 7.46. The van der Waals surface area contributed by atoms with Crippen LogP contribution in [0.5, 0.6) is 5.75 Å². The van der Waals surface area contributed by atoms with E-state index in [1.807, 2.05) is 31.2 Å². The Bertz CT molecular complexity index is 847. The molecular formula is C17H20N2O4S. The molecule has 3 N–H and O–H groups in total. The van der Waals surface area contributed by atoms with Crippen LogP contribution in [-0.4, -0.2) is 21.4 Å². The quantitative estimate of drug-likeness (QED) is 0.836. The van der Waals surface area contributed by atoms with Crippen molar-refractivity contribution >= 4 is 21.6 Å². The highest BCUT2D eigenvalue weighted by molar-refractivity contribution is 7.89. The van der Waals surface area contributed by atoms with E-state index in [2.05, 4.69) is 5.32 Å². The SMILES string of the molecule is COc1ccc(NC(=O)CCc2cccc(C)c2)cc1S(N)(=O)=O. The molecule has 0 saturated heterocycles. The van der Waals surface area contributed by atoms with E-state index < -0.39 is 10.0 Å². The minimum Gasteiger partial charge on any atom is -0.495 e. The topological polar surface area (TPSA) is 98.5 Å². The lowest BCUT2D eigenvalue weighted by atomic mass is 10.1. The zero-order chi connectivity index (χ0) is 17.7. The van der Waals surface area contributed by atoms with E-state index in [4.69, 9.17) is 9.88 Å². The molecule has 0 saturated carbocycles. The van der Waals surface area contributed by atoms with Gasteiger partial charge in [-0.2, -0.15) is 0 Å². The second-order valence-corrected chi connectivity index (χ2v) is 6.98. The van der Waals surface area contributed by atoms with Crippen LogP contribution in [0.4, 0.5) is 5.69 Å². The number of carbonyl (C=O) groups is 1. The monoisotopic (exact) mass is 348 g/mol. The van der Waals surface area contributed by atoms with Crippen molar-refractivity contribution in [3.05, 3.63) is 53.6 Å². The van der Waals surface area contributed by atoms with Gasteiger partial charge in [-0.05, 0) is 37.1 Å². The lowest BCUT2D eigenvalue weighted by Crippen LogP contribution is -2.16. The van der Waals surface area contributed by atoms with Crippen LogP contribution in [0.15, 0.2) is 47.4 Å². The van der Waals surface area contributed by atoms with E-state index in [9.17, 15) is 13.2 Å². The molecule has 1 amide bonds. The number of primary sulfonamides is 1. The van der Waals surface area contributed by atoms with Crippen LogP contribution in [0, 0.1) is 6.92 Å². The van der Waals surface area contributed by atoms with Gasteiger partial charge in [0, 0.05) is 12.1 Å². The van der Waals surface area contributed by atoms with E-state index in [0.29, 0.717) is 18.5 Å². The highest BCUT2D eigenvalue weighted by Gasteiger charge is 2.16. The van der Waals surface area contributed by atoms with Crippen molar-refractivity contribution in [1.82, 2.24) is 0 Å². The molecule has 0 aliphatic carbocycles. The summed E-state index contributed by atoms with van der Waals surface area (Å²) in [4.78, 5) is 11.9. The summed E-state index contributed by atoms with van der Waals surface area (Å²) >= 11 is 0. The summed E-state index contributed by atoms with van der Waals surface area (Å²) in [5.41, 5.74) is 2.57. The molecule has 0 aliphatic rings. The van der Waals surface area contributed by atoms with Crippen molar-refractivity contribution in [3.8, 4) is 5.75 Å². The number of carbonyl (C=O) groups excluding carboxylic acids is 1. The molecule has 0 heterocycles. The summed E-state index contributed by atoms with van der Waals surface area (Å²) in [5.74, 6) is -0.0719. The lowest BCUT2D eigenvalue weighted by molar-refractivity contribution is -0.116. The van der Waals surface area contributed by atoms with Crippen molar-refractivity contribution in [2.24, 2.45) is 5.14 Å². The summed E-state index contributed by atoms with van der Waals surface area (Å²) in [6.45, 7) is 2.00. The van der Waals surface area contributed by atoms with Crippen LogP contribution in [0.1, 0.15) is 17.5 Å². The number of ether oxygens (including phenoxy) is 1. The van der Waals surface area contributed by atoms with Gasteiger partial charge in [-0.1, -0.05) is 29.8 Å². The average Bonchev–Trinajstić information content (AvgIpc) is 2.52. The number of nitrogens with two attached hydrogens (primary N) is 1. The molecule has 2 aromatic carbocycles. The number of methoxy groups -OCH3 is 1. The van der Waals surface area contributed by atoms with Crippen LogP contribution in [-0.2, 0) is 21.2 Å². The highest BCUT2D eigenvalue weighted by atomic mass is 32.2. The van der Waals surface area contributed by atoms with Crippen LogP contribution < -0.4 is 15.2 Å². The Balaban J connectivity index is 2.06. The Labute approximate surface area is 141 Å². The summed E-state index contributed by atoms with van der Waals surface area (Å²) in [5, 5.41) is 7.84. The van der Waals surface area contributed by atoms with Gasteiger partial charge in [-0.15, -0.1) is 0 Å². The Kier molecular flexibility index (Phi) is 5.58. The predicted octanol–water partition coefficient (Wildman–Crippen LogP) is 2.22. The zero-order valence-corrected chi connectivity index (χ0v) is 14.4. The van der Waals surface area contributed by atoms with E-state index in [1.54, 1.807) is 6.07 Å². The van der Waals surface area contributed by atoms with Crippen LogP contribution >= 0.6 is 0 Å². The first-order chi connectivity index (χ1) is 11.3. The molecule has 2 aromatic rings. The van der Waals surface area contributed by atoms with Crippen molar-refractivity contribution in [2.45, 2.75) is 24.7 Å². The largest absolute Gasteiger partial charge is 0.495 e. The predicted molar refractivity (Wildman–Crippen MR) is 92.5 cm³/mol. The zero-order valence-electron chi connectivity index (χ0n) is 13.6. The van der Waals surface area contributed by atoms with Gasteiger partial charge >= 0.3 is 0 Å². The molecule has 0 radical (unpaired) electrons. The number of nitrogens with one attached hydrogen (secondary N) is 1. The number of hydrogen-bond acceptors (Lipinski definition) is 4. The number of amides is 1. The van der Waals surface area contributed by atoms with Gasteiger partial charge in [-0.25, -0.2) is 13.6 Å². The highest BCUT2D eigenvalue weighted by Crippen LogP contribution is 2.26. The smallest absolute Gasteiger partial charge is 0.241 e. The van der Waals surface area contributed by atoms with E-state index in [0.717, 1.165) is 11.1 Å². The molecule has 0 aliphatic heterocycles. The average molecular weight is 348 g/mol. The number of aryl methyl sites for hydroxylation is 2. The number of benzene rings is 2. The van der Waals surface area contributed by atoms with Crippen LogP contribution in [0.3, 0.4) is 0 Å². The van der Waals surface area contributed by atoms with Crippen molar-refractivity contribution in [2.75, 3.05) is 12.4 Å². The molecule has 0 bridgehead atoms. The first-order valence-electron chi connectivity index (χ1n) is 7.36. The minimum atomic E-state index is -3.94. The van der Waals surface area contributed by atoms with Gasteiger partial charge in [-0.3, -0.25) is 4.79 Å². The fraction of sp³-hybridized carbons (Fsp3) is 0.235. The normalized spacial score (nSPS) is 11.1. The number of anilines is 1. The molecule has 2 rings (SSSR count). The maximum atomic E-state index is 12.1. The fourth-order valence-corrected chi connectivity index (χ4v) is 3.05. The first kappa shape index (κ1) is 18.0. The first-order valence-corrected chi connectivity index (χ1v) is 8.90. The van der Waals surface area contributed by atoms with Crippen molar-refractivity contribution < 1.29 is 17.9 Å². The Morgan fingerprint density at radius 2 is 1.96 bits per heavy atom. The summed E-state index contributed by atoms with van der Waals surface area (Å²) in [6, 6.07) is 12.2. The third kappa shape index (κ3) is 4.81. The minimum absolute atomic E-state index is 0.134. The third-order valence-electron chi connectivity index (χ3n) is 3.48. The van der Waals surface area contributed by atoms with Gasteiger partial charge in [0.2, 0.25) is 15.9 Å². The molecule has 6 nitrogen and oxygen atoms in total. The number of rotatable bonds is 6. The molecule has 7 heteroatoms. The van der Waals surface area contributed by atoms with Gasteiger partial charge in [0.15, 0.2) is 0 Å². The standard InChI is InChI=1S/C17H20N2O4S/c1-12-4-3-5-13(10-12)6-9-17(20)19-14-7-8-15(23-2)16(11-14)24(18,21)22/h3-5,7-8,10-11H,6,9H2,1-2H3,(H,19,20)(H2,18,21,22). The van der Waals surface area contributed by atoms with Gasteiger partial charge in [0.1, 0.15) is 10.6 Å². The fourth-order valence-electron chi connectivity index (χ4n) is 2.33. The molecule has 0 fully saturated rings. The van der Waals surface area contributed by atoms with Crippen molar-refractivity contribution in [3.63, 3.8) is 0 Å². The van der Waals surface area contributed by atoms with E-state index in [-0.39, 0.29) is 16.6 Å². The maximum absolute atomic E-state index is 12.1. The van der Waals surface area contributed by atoms with Crippen molar-refractivity contribution in [1.29, 1.82) is 0 Å². The number of hydrogen-bond donors (Lipinski definition) is 2. The summed E-state index contributed by atoms with van der Waals surface area (Å²) in [6.07, 6.45) is 0.895. The molecule has 0 spiro atoms. The van der Waals surface area contributed by atoms with Gasteiger partial charge < -0.3 is 10.1 Å². The molecular weight excluding hydrogens is 328 g/mol. The molecule has 0 atom stereocenters. The maximum Gasteiger partial charge on any atom is 0.241 e. The summed E-state index contributed by atoms with van der Waals surface area (Å²) < 4.78 is 28.1. The third-order valence-corrected chi connectivity index (χ3v) is 4.41. The van der Waals surface area contributed by atoms with Gasteiger partial charge in [0.25, 0.3) is 0 Å².